The Hall–Kier alpha value is 0.200. The topological polar surface area (TPSA) is 57.1 Å². The summed E-state index contributed by atoms with van der Waals surface area (Å²) in [6, 6.07) is -0.0886. The van der Waals surface area contributed by atoms with Gasteiger partial charge in [-0.2, -0.15) is 0 Å². The molecule has 13 heavy (non-hydrogen) atoms. The highest BCUT2D eigenvalue weighted by molar-refractivity contribution is 7.49. The van der Waals surface area contributed by atoms with Gasteiger partial charge >= 0.3 is 7.82 Å². The molecule has 0 N–H and O–H groups in total. The van der Waals surface area contributed by atoms with E-state index >= 15 is 0 Å². The van der Waals surface area contributed by atoms with Gasteiger partial charge in [0.25, 0.3) is 5.36 Å². The van der Waals surface area contributed by atoms with E-state index in [1.165, 1.54) is 7.11 Å². The molecule has 0 aliphatic heterocycles. The molecule has 78 valence electrons. The molecule has 1 atom stereocenters. The van der Waals surface area contributed by atoms with Crippen molar-refractivity contribution in [2.45, 2.75) is 6.92 Å². The Bertz CT molecular complexity index is 223. The molecule has 0 fully saturated rings. The number of alkyl halides is 1. The van der Waals surface area contributed by atoms with Crippen LogP contribution < -0.4 is 0 Å². The maximum atomic E-state index is 11.4. The molecule has 0 aliphatic rings. The molecular weight excluding hydrogens is 240 g/mol. The average molecular weight is 250 g/mol. The van der Waals surface area contributed by atoms with Crippen LogP contribution in [0.2, 0.25) is 0 Å². The number of nitrogens with zero attached hydrogens (tertiary/aromatic N) is 1. The third-order valence-corrected chi connectivity index (χ3v) is 2.72. The molecule has 0 aromatic carbocycles. The summed E-state index contributed by atoms with van der Waals surface area (Å²) >= 11 is 10.6. The molecule has 5 nitrogen and oxygen atoms in total. The first-order valence-electron chi connectivity index (χ1n) is 3.33. The van der Waals surface area contributed by atoms with Crippen LogP contribution in [0.1, 0.15) is 6.92 Å². The van der Waals surface area contributed by atoms with Crippen molar-refractivity contribution in [3.8, 4) is 0 Å². The Morgan fingerprint density at radius 2 is 2.23 bits per heavy atom. The lowest BCUT2D eigenvalue weighted by Gasteiger charge is -2.13. The van der Waals surface area contributed by atoms with Crippen molar-refractivity contribution in [2.75, 3.05) is 19.7 Å². The van der Waals surface area contributed by atoms with Crippen molar-refractivity contribution in [3.63, 3.8) is 0 Å². The predicted octanol–water partition coefficient (Wildman–Crippen LogP) is 2.59. The Morgan fingerprint density at radius 1 is 1.62 bits per heavy atom. The van der Waals surface area contributed by atoms with E-state index in [0.29, 0.717) is 0 Å². The van der Waals surface area contributed by atoms with Gasteiger partial charge in [0.2, 0.25) is 0 Å². The van der Waals surface area contributed by atoms with Crippen LogP contribution in [0.15, 0.2) is 4.99 Å². The molecule has 8 heteroatoms. The summed E-state index contributed by atoms with van der Waals surface area (Å²) in [4.78, 5) is 3.43. The maximum absolute atomic E-state index is 11.4. The Labute approximate surface area is 86.6 Å². The highest BCUT2D eigenvalue weighted by Gasteiger charge is 2.27. The van der Waals surface area contributed by atoms with Crippen LogP contribution in [-0.4, -0.2) is 25.1 Å². The second-order valence-electron chi connectivity index (χ2n) is 1.67. The first-order chi connectivity index (χ1) is 6.08. The fourth-order valence-corrected chi connectivity index (χ4v) is 1.72. The van der Waals surface area contributed by atoms with Gasteiger partial charge < -0.3 is 4.52 Å². The second-order valence-corrected chi connectivity index (χ2v) is 3.93. The van der Waals surface area contributed by atoms with Crippen LogP contribution in [0.25, 0.3) is 0 Å². The molecule has 0 aromatic rings. The number of halogens is 2. The van der Waals surface area contributed by atoms with Gasteiger partial charge in [-0.05, 0) is 18.5 Å². The van der Waals surface area contributed by atoms with Crippen LogP contribution in [0, 0.1) is 0 Å². The third kappa shape index (κ3) is 5.49. The fourth-order valence-electron chi connectivity index (χ4n) is 0.443. The summed E-state index contributed by atoms with van der Waals surface area (Å²) in [6.45, 7) is 1.82. The Balaban J connectivity index is 4.27. The zero-order valence-electron chi connectivity index (χ0n) is 7.20. The van der Waals surface area contributed by atoms with Crippen molar-refractivity contribution >= 4 is 36.4 Å². The van der Waals surface area contributed by atoms with Crippen molar-refractivity contribution < 1.29 is 18.1 Å². The summed E-state index contributed by atoms with van der Waals surface area (Å²) in [7, 11) is -2.43. The van der Waals surface area contributed by atoms with Crippen molar-refractivity contribution in [1.82, 2.24) is 0 Å². The zero-order chi connectivity index (χ0) is 10.3. The van der Waals surface area contributed by atoms with Gasteiger partial charge in [0.1, 0.15) is 6.00 Å². The predicted molar refractivity (Wildman–Crippen MR) is 51.3 cm³/mol. The van der Waals surface area contributed by atoms with E-state index in [0.717, 1.165) is 0 Å². The zero-order valence-corrected chi connectivity index (χ0v) is 9.60. The standard InChI is InChI=1S/C5H10Cl2NO4P/c1-3-11-13(9,10-2)12-5(7)8-4-6/h3-4H2,1-2H3. The molecule has 0 saturated carbocycles. The van der Waals surface area contributed by atoms with E-state index < -0.39 is 7.82 Å². The second kappa shape index (κ2) is 6.62. The van der Waals surface area contributed by atoms with Gasteiger partial charge in [-0.15, -0.1) is 11.6 Å². The van der Waals surface area contributed by atoms with Crippen LogP contribution in [-0.2, 0) is 18.1 Å². The van der Waals surface area contributed by atoms with Gasteiger partial charge in [0.15, 0.2) is 0 Å². The summed E-state index contributed by atoms with van der Waals surface area (Å²) < 4.78 is 25.2. The molecule has 0 saturated heterocycles. The summed E-state index contributed by atoms with van der Waals surface area (Å²) in [5, 5.41) is -0.353. The number of rotatable bonds is 5. The lowest BCUT2D eigenvalue weighted by atomic mass is 10.9. The smallest absolute Gasteiger partial charge is 0.375 e. The molecule has 0 spiro atoms. The van der Waals surface area contributed by atoms with E-state index in [-0.39, 0.29) is 18.0 Å². The minimum Gasteiger partial charge on any atom is -0.375 e. The average Bonchev–Trinajstić information content (AvgIpc) is 2.05. The monoisotopic (exact) mass is 249 g/mol. The molecular formula is C5H10Cl2NO4P. The number of phosphoric acid groups is 1. The fraction of sp³-hybridized carbons (Fsp3) is 0.800. The highest BCUT2D eigenvalue weighted by Crippen LogP contribution is 2.48. The molecule has 1 unspecified atom stereocenters. The first kappa shape index (κ1) is 13.2. The van der Waals surface area contributed by atoms with Crippen LogP contribution >= 0.6 is 31.0 Å². The van der Waals surface area contributed by atoms with Crippen LogP contribution in [0.3, 0.4) is 0 Å². The molecule has 0 amide bonds. The van der Waals surface area contributed by atoms with Crippen molar-refractivity contribution in [2.24, 2.45) is 4.99 Å². The Morgan fingerprint density at radius 3 is 2.62 bits per heavy atom. The molecule has 0 heterocycles. The highest BCUT2D eigenvalue weighted by atomic mass is 35.5. The largest absolute Gasteiger partial charge is 0.531 e. The number of aliphatic imine (C=N–C) groups is 1. The van der Waals surface area contributed by atoms with E-state index in [1.807, 2.05) is 0 Å². The van der Waals surface area contributed by atoms with Gasteiger partial charge in [-0.25, -0.2) is 9.56 Å². The van der Waals surface area contributed by atoms with Gasteiger partial charge in [0.05, 0.1) is 6.61 Å². The number of phosphoric ester groups is 1. The van der Waals surface area contributed by atoms with Crippen LogP contribution in [0.5, 0.6) is 0 Å². The lowest BCUT2D eigenvalue weighted by Crippen LogP contribution is -2.01. The first-order valence-corrected chi connectivity index (χ1v) is 5.71. The molecule has 0 radical (unpaired) electrons. The number of hydrogen-bond acceptors (Lipinski definition) is 5. The minimum absolute atomic E-state index is 0.0886. The molecule has 0 rings (SSSR count). The Kier molecular flexibility index (Phi) is 6.73. The SMILES string of the molecule is CCOP(=O)(OC)OC(Cl)=NCCl. The normalized spacial score (nSPS) is 16.8. The van der Waals surface area contributed by atoms with E-state index in [4.69, 9.17) is 27.7 Å². The molecule has 0 aromatic heterocycles. The quantitative estimate of drug-likeness (QED) is 0.247. The summed E-state index contributed by atoms with van der Waals surface area (Å²) in [5.41, 5.74) is 0. The lowest BCUT2D eigenvalue weighted by molar-refractivity contribution is 0.185. The van der Waals surface area contributed by atoms with Crippen molar-refractivity contribution in [1.29, 1.82) is 0 Å². The van der Waals surface area contributed by atoms with Crippen molar-refractivity contribution in [3.05, 3.63) is 0 Å². The van der Waals surface area contributed by atoms with E-state index in [1.54, 1.807) is 6.92 Å². The van der Waals surface area contributed by atoms with Gasteiger partial charge in [-0.3, -0.25) is 9.05 Å². The third-order valence-electron chi connectivity index (χ3n) is 0.882. The number of hydrogen-bond donors (Lipinski definition) is 0. The molecule has 0 aliphatic carbocycles. The molecule has 0 bridgehead atoms. The summed E-state index contributed by atoms with van der Waals surface area (Å²) in [6.07, 6.45) is 0. The summed E-state index contributed by atoms with van der Waals surface area (Å²) in [5.74, 6) is 0. The van der Waals surface area contributed by atoms with Gasteiger partial charge in [-0.1, -0.05) is 0 Å². The van der Waals surface area contributed by atoms with E-state index in [2.05, 4.69) is 14.0 Å². The van der Waals surface area contributed by atoms with Gasteiger partial charge in [0, 0.05) is 7.11 Å². The van der Waals surface area contributed by atoms with Crippen LogP contribution in [0.4, 0.5) is 0 Å². The minimum atomic E-state index is -3.61. The maximum Gasteiger partial charge on any atom is 0.531 e. The van der Waals surface area contributed by atoms with E-state index in [9.17, 15) is 4.57 Å².